The Labute approximate surface area is 143 Å². The van der Waals surface area contributed by atoms with Crippen LogP contribution < -0.4 is 9.47 Å². The van der Waals surface area contributed by atoms with Crippen LogP contribution in [0, 0.1) is 6.92 Å². The van der Waals surface area contributed by atoms with Gasteiger partial charge in [-0.2, -0.15) is 0 Å². The van der Waals surface area contributed by atoms with E-state index in [1.807, 2.05) is 25.1 Å². The van der Waals surface area contributed by atoms with Gasteiger partial charge in [0.25, 0.3) is 0 Å². The molecule has 1 unspecified atom stereocenters. The molecule has 0 saturated heterocycles. The van der Waals surface area contributed by atoms with E-state index in [9.17, 15) is 5.11 Å². The first-order valence-electron chi connectivity index (χ1n) is 8.40. The molecule has 2 aromatic carbocycles. The molecule has 0 amide bonds. The summed E-state index contributed by atoms with van der Waals surface area (Å²) < 4.78 is 11.1. The molecule has 0 aliphatic carbocycles. The Hall–Kier alpha value is -2.04. The quantitative estimate of drug-likeness (QED) is 0.886. The SMILES string of the molecule is COc1cc(C)ccc1OCC(O)CN1CCc2ccccc2C1. The van der Waals surface area contributed by atoms with E-state index < -0.39 is 6.10 Å². The molecule has 0 bridgehead atoms. The average molecular weight is 327 g/mol. The van der Waals surface area contributed by atoms with Crippen molar-refractivity contribution >= 4 is 0 Å². The van der Waals surface area contributed by atoms with Crippen LogP contribution in [0.15, 0.2) is 42.5 Å². The van der Waals surface area contributed by atoms with Crippen LogP contribution in [0.1, 0.15) is 16.7 Å². The van der Waals surface area contributed by atoms with Crippen LogP contribution in [-0.4, -0.2) is 42.9 Å². The first-order valence-corrected chi connectivity index (χ1v) is 8.40. The van der Waals surface area contributed by atoms with E-state index in [0.717, 1.165) is 25.1 Å². The molecule has 4 nitrogen and oxygen atoms in total. The van der Waals surface area contributed by atoms with Crippen LogP contribution in [-0.2, 0) is 13.0 Å². The maximum absolute atomic E-state index is 10.3. The Morgan fingerprint density at radius 1 is 1.12 bits per heavy atom. The van der Waals surface area contributed by atoms with Crippen LogP contribution in [0.5, 0.6) is 11.5 Å². The number of rotatable bonds is 6. The van der Waals surface area contributed by atoms with Crippen molar-refractivity contribution in [1.82, 2.24) is 4.90 Å². The maximum Gasteiger partial charge on any atom is 0.161 e. The third-order valence-corrected chi connectivity index (χ3v) is 4.43. The summed E-state index contributed by atoms with van der Waals surface area (Å²) in [4.78, 5) is 2.28. The van der Waals surface area contributed by atoms with Gasteiger partial charge in [-0.25, -0.2) is 0 Å². The molecule has 1 N–H and O–H groups in total. The predicted molar refractivity (Wildman–Crippen MR) is 94.7 cm³/mol. The van der Waals surface area contributed by atoms with Crippen molar-refractivity contribution in [2.75, 3.05) is 26.8 Å². The number of ether oxygens (including phenoxy) is 2. The normalized spacial score (nSPS) is 15.6. The third-order valence-electron chi connectivity index (χ3n) is 4.43. The summed E-state index contributed by atoms with van der Waals surface area (Å²) in [5.41, 5.74) is 3.90. The second-order valence-corrected chi connectivity index (χ2v) is 6.37. The summed E-state index contributed by atoms with van der Waals surface area (Å²) in [6.45, 7) is 4.75. The second-order valence-electron chi connectivity index (χ2n) is 6.37. The molecule has 0 aromatic heterocycles. The number of aliphatic hydroxyl groups is 1. The highest BCUT2D eigenvalue weighted by Gasteiger charge is 2.19. The lowest BCUT2D eigenvalue weighted by molar-refractivity contribution is 0.0628. The van der Waals surface area contributed by atoms with Crippen molar-refractivity contribution < 1.29 is 14.6 Å². The Morgan fingerprint density at radius 2 is 1.92 bits per heavy atom. The van der Waals surface area contributed by atoms with Gasteiger partial charge in [-0.3, -0.25) is 4.90 Å². The van der Waals surface area contributed by atoms with E-state index >= 15 is 0 Å². The Kier molecular flexibility index (Phi) is 5.38. The number of β-amino-alcohol motifs (C(OH)–C–C–N with tert-alkyl or cyclic N) is 1. The van der Waals surface area contributed by atoms with Crippen molar-refractivity contribution in [2.24, 2.45) is 0 Å². The van der Waals surface area contributed by atoms with Crippen LogP contribution in [0.25, 0.3) is 0 Å². The Morgan fingerprint density at radius 3 is 2.71 bits per heavy atom. The summed E-state index contributed by atoms with van der Waals surface area (Å²) in [5, 5.41) is 10.3. The molecule has 0 spiro atoms. The van der Waals surface area contributed by atoms with E-state index in [0.29, 0.717) is 18.0 Å². The Balaban J connectivity index is 1.52. The summed E-state index contributed by atoms with van der Waals surface area (Å²) >= 11 is 0. The number of methoxy groups -OCH3 is 1. The zero-order valence-electron chi connectivity index (χ0n) is 14.4. The molecule has 0 saturated carbocycles. The molecule has 1 aliphatic rings. The first kappa shape index (κ1) is 16.8. The van der Waals surface area contributed by atoms with Gasteiger partial charge >= 0.3 is 0 Å². The van der Waals surface area contributed by atoms with E-state index in [1.165, 1.54) is 11.1 Å². The number of aliphatic hydroxyl groups excluding tert-OH is 1. The lowest BCUT2D eigenvalue weighted by Crippen LogP contribution is -2.38. The molecule has 2 aromatic rings. The van der Waals surface area contributed by atoms with Gasteiger partial charge in [0.1, 0.15) is 12.7 Å². The monoisotopic (exact) mass is 327 g/mol. The molecule has 4 heteroatoms. The number of benzene rings is 2. The van der Waals surface area contributed by atoms with Crippen molar-refractivity contribution in [3.63, 3.8) is 0 Å². The number of aryl methyl sites for hydroxylation is 1. The minimum atomic E-state index is -0.527. The van der Waals surface area contributed by atoms with Crippen molar-refractivity contribution in [2.45, 2.75) is 26.0 Å². The van der Waals surface area contributed by atoms with Crippen molar-refractivity contribution in [3.05, 3.63) is 59.2 Å². The highest BCUT2D eigenvalue weighted by molar-refractivity contribution is 5.42. The highest BCUT2D eigenvalue weighted by atomic mass is 16.5. The molecule has 1 aliphatic heterocycles. The minimum absolute atomic E-state index is 0.261. The fourth-order valence-corrected chi connectivity index (χ4v) is 3.14. The number of hydrogen-bond donors (Lipinski definition) is 1. The summed E-state index contributed by atoms with van der Waals surface area (Å²) in [6.07, 6.45) is 0.511. The van der Waals surface area contributed by atoms with E-state index in [2.05, 4.69) is 29.2 Å². The smallest absolute Gasteiger partial charge is 0.161 e. The van der Waals surface area contributed by atoms with Gasteiger partial charge in [-0.05, 0) is 42.2 Å². The van der Waals surface area contributed by atoms with Gasteiger partial charge in [0.2, 0.25) is 0 Å². The topological polar surface area (TPSA) is 41.9 Å². The highest BCUT2D eigenvalue weighted by Crippen LogP contribution is 2.28. The lowest BCUT2D eigenvalue weighted by atomic mass is 10.00. The average Bonchev–Trinajstić information content (AvgIpc) is 2.60. The number of hydrogen-bond acceptors (Lipinski definition) is 4. The maximum atomic E-state index is 10.3. The van der Waals surface area contributed by atoms with Gasteiger partial charge in [0.15, 0.2) is 11.5 Å². The molecule has 0 fully saturated rings. The Bertz CT molecular complexity index is 686. The molecule has 1 atom stereocenters. The van der Waals surface area contributed by atoms with Crippen LogP contribution >= 0.6 is 0 Å². The van der Waals surface area contributed by atoms with Crippen LogP contribution in [0.4, 0.5) is 0 Å². The molecular formula is C20H25NO3. The standard InChI is InChI=1S/C20H25NO3/c1-15-7-8-19(20(11-15)23-2)24-14-18(22)13-21-10-9-16-5-3-4-6-17(16)12-21/h3-8,11,18,22H,9-10,12-14H2,1-2H3. The summed E-state index contributed by atoms with van der Waals surface area (Å²) in [7, 11) is 1.63. The van der Waals surface area contributed by atoms with Gasteiger partial charge in [0.05, 0.1) is 7.11 Å². The van der Waals surface area contributed by atoms with Crippen molar-refractivity contribution in [1.29, 1.82) is 0 Å². The van der Waals surface area contributed by atoms with Gasteiger partial charge in [0, 0.05) is 19.6 Å². The zero-order valence-corrected chi connectivity index (χ0v) is 14.4. The second kappa shape index (κ2) is 7.69. The summed E-state index contributed by atoms with van der Waals surface area (Å²) in [5.74, 6) is 1.38. The molecule has 0 radical (unpaired) electrons. The fraction of sp³-hybridized carbons (Fsp3) is 0.400. The fourth-order valence-electron chi connectivity index (χ4n) is 3.14. The lowest BCUT2D eigenvalue weighted by Gasteiger charge is -2.30. The third kappa shape index (κ3) is 4.08. The molecule has 3 rings (SSSR count). The van der Waals surface area contributed by atoms with E-state index in [4.69, 9.17) is 9.47 Å². The van der Waals surface area contributed by atoms with Crippen molar-refractivity contribution in [3.8, 4) is 11.5 Å². The predicted octanol–water partition coefficient (Wildman–Crippen LogP) is 2.80. The molecule has 1 heterocycles. The largest absolute Gasteiger partial charge is 0.493 e. The van der Waals surface area contributed by atoms with Crippen LogP contribution in [0.2, 0.25) is 0 Å². The molecular weight excluding hydrogens is 302 g/mol. The van der Waals surface area contributed by atoms with Gasteiger partial charge in [-0.15, -0.1) is 0 Å². The molecule has 24 heavy (non-hydrogen) atoms. The van der Waals surface area contributed by atoms with Gasteiger partial charge in [-0.1, -0.05) is 30.3 Å². The first-order chi connectivity index (χ1) is 11.7. The van der Waals surface area contributed by atoms with Crippen LogP contribution in [0.3, 0.4) is 0 Å². The van der Waals surface area contributed by atoms with Gasteiger partial charge < -0.3 is 14.6 Å². The van der Waals surface area contributed by atoms with E-state index in [-0.39, 0.29) is 6.61 Å². The number of nitrogens with zero attached hydrogens (tertiary/aromatic N) is 1. The minimum Gasteiger partial charge on any atom is -0.493 e. The number of fused-ring (bicyclic) bond motifs is 1. The zero-order chi connectivity index (χ0) is 16.9. The van der Waals surface area contributed by atoms with E-state index in [1.54, 1.807) is 7.11 Å². The summed E-state index contributed by atoms with van der Waals surface area (Å²) in [6, 6.07) is 14.3. The molecule has 128 valence electrons.